The predicted octanol–water partition coefficient (Wildman–Crippen LogP) is 2.29. The predicted molar refractivity (Wildman–Crippen MR) is 104 cm³/mol. The number of aromatic nitrogens is 4. The highest BCUT2D eigenvalue weighted by molar-refractivity contribution is 5.93. The maximum atomic E-state index is 14.1. The van der Waals surface area contributed by atoms with Gasteiger partial charge in [-0.2, -0.15) is 0 Å². The Morgan fingerprint density at radius 1 is 1.24 bits per heavy atom. The molecule has 5 rings (SSSR count). The van der Waals surface area contributed by atoms with E-state index in [9.17, 15) is 9.18 Å². The molecule has 2 bridgehead atoms. The molecule has 0 radical (unpaired) electrons. The van der Waals surface area contributed by atoms with Crippen molar-refractivity contribution in [1.29, 1.82) is 0 Å². The van der Waals surface area contributed by atoms with Crippen LogP contribution in [-0.2, 0) is 6.42 Å². The number of ether oxygens (including phenoxy) is 1. The maximum absolute atomic E-state index is 14.1. The number of carbonyl (C=O) groups excluding carboxylic acids is 1. The summed E-state index contributed by atoms with van der Waals surface area (Å²) in [5.41, 5.74) is 2.72. The van der Waals surface area contributed by atoms with Crippen LogP contribution in [-0.4, -0.2) is 44.7 Å². The number of pyridine rings is 1. The van der Waals surface area contributed by atoms with Crippen molar-refractivity contribution < 1.29 is 13.9 Å². The highest BCUT2D eigenvalue weighted by atomic mass is 19.1. The second-order valence-corrected chi connectivity index (χ2v) is 7.57. The van der Waals surface area contributed by atoms with Crippen LogP contribution >= 0.6 is 0 Å². The fraction of sp³-hybridized carbons (Fsp3) is 0.400. The highest BCUT2D eigenvalue weighted by Gasteiger charge is 2.29. The number of carbonyl (C=O) groups is 1. The summed E-state index contributed by atoms with van der Waals surface area (Å²) in [4.78, 5) is 23.4. The molecule has 1 amide bonds. The summed E-state index contributed by atoms with van der Waals surface area (Å²) in [5.74, 6) is 0.449. The van der Waals surface area contributed by atoms with Crippen molar-refractivity contribution in [3.63, 3.8) is 0 Å². The molecule has 1 N–H and O–H groups in total. The van der Waals surface area contributed by atoms with Gasteiger partial charge in [0, 0.05) is 17.7 Å². The van der Waals surface area contributed by atoms with Crippen LogP contribution in [0.2, 0.25) is 0 Å². The van der Waals surface area contributed by atoms with E-state index in [4.69, 9.17) is 9.84 Å². The van der Waals surface area contributed by atoms with Crippen molar-refractivity contribution >= 4 is 17.4 Å². The molecule has 5 heterocycles. The Morgan fingerprint density at radius 2 is 2.10 bits per heavy atom. The summed E-state index contributed by atoms with van der Waals surface area (Å²) in [6, 6.07) is 3.23. The van der Waals surface area contributed by atoms with Gasteiger partial charge in [-0.25, -0.2) is 18.9 Å². The molecular weight excluding hydrogens is 375 g/mol. The second-order valence-electron chi connectivity index (χ2n) is 7.57. The van der Waals surface area contributed by atoms with Crippen molar-refractivity contribution in [3.8, 4) is 5.88 Å². The van der Waals surface area contributed by atoms with Gasteiger partial charge in [-0.3, -0.25) is 4.79 Å². The summed E-state index contributed by atoms with van der Waals surface area (Å²) >= 11 is 0. The zero-order chi connectivity index (χ0) is 20.1. The Morgan fingerprint density at radius 3 is 2.97 bits per heavy atom. The van der Waals surface area contributed by atoms with E-state index in [1.165, 1.54) is 12.3 Å². The normalized spacial score (nSPS) is 21.6. The minimum atomic E-state index is -0.415. The quantitative estimate of drug-likeness (QED) is 0.628. The summed E-state index contributed by atoms with van der Waals surface area (Å²) in [7, 11) is 0. The third kappa shape index (κ3) is 2.97. The number of amides is 1. The molecule has 0 aliphatic carbocycles. The van der Waals surface area contributed by atoms with Crippen molar-refractivity contribution in [2.24, 2.45) is 0 Å². The molecule has 8 nitrogen and oxygen atoms in total. The standard InChI is InChI=1S/C20H21FN6O2/c1-11-8-23-19(28)16-10-22-17-6-13-4-3-5-26(18(13)25-27(16)17)12(2)15-7-14(21)9-24-20(15)29-11/h6-7,9-12H,3-5,8H2,1-2H3,(H,23,28)/t11-,12+/m0/s1. The zero-order valence-electron chi connectivity index (χ0n) is 16.2. The number of nitrogens with one attached hydrogen (secondary N) is 1. The number of hydrogen-bond acceptors (Lipinski definition) is 6. The Kier molecular flexibility index (Phi) is 4.11. The van der Waals surface area contributed by atoms with Gasteiger partial charge in [0.25, 0.3) is 5.91 Å². The maximum Gasteiger partial charge on any atom is 0.271 e. The average Bonchev–Trinajstić information content (AvgIpc) is 3.13. The van der Waals surface area contributed by atoms with Gasteiger partial charge in [-0.15, -0.1) is 5.10 Å². The Hall–Kier alpha value is -3.23. The lowest BCUT2D eigenvalue weighted by molar-refractivity contribution is 0.0923. The van der Waals surface area contributed by atoms with Crippen LogP contribution in [0.5, 0.6) is 5.88 Å². The number of rotatable bonds is 0. The van der Waals surface area contributed by atoms with E-state index in [2.05, 4.69) is 20.2 Å². The zero-order valence-corrected chi connectivity index (χ0v) is 16.2. The molecule has 29 heavy (non-hydrogen) atoms. The van der Waals surface area contributed by atoms with Crippen molar-refractivity contribution in [1.82, 2.24) is 24.9 Å². The first-order valence-electron chi connectivity index (χ1n) is 9.76. The summed E-state index contributed by atoms with van der Waals surface area (Å²) in [6.45, 7) is 4.86. The Balaban J connectivity index is 1.72. The molecule has 2 aliphatic rings. The first-order valence-corrected chi connectivity index (χ1v) is 9.76. The average molecular weight is 396 g/mol. The van der Waals surface area contributed by atoms with Gasteiger partial charge in [0.1, 0.15) is 11.9 Å². The first-order chi connectivity index (χ1) is 14.0. The molecule has 0 spiro atoms. The van der Waals surface area contributed by atoms with Gasteiger partial charge >= 0.3 is 0 Å². The summed E-state index contributed by atoms with van der Waals surface area (Å²) < 4.78 is 21.6. The highest BCUT2D eigenvalue weighted by Crippen LogP contribution is 2.36. The second kappa shape index (κ2) is 6.68. The largest absolute Gasteiger partial charge is 0.473 e. The number of aryl methyl sites for hydroxylation is 1. The fourth-order valence-corrected chi connectivity index (χ4v) is 4.01. The lowest BCUT2D eigenvalue weighted by atomic mass is 10.0. The van der Waals surface area contributed by atoms with Gasteiger partial charge in [0.2, 0.25) is 5.88 Å². The number of fused-ring (bicyclic) bond motifs is 1. The SMILES string of the molecule is C[C@@H]1c2cc(F)cnc2O[C@@H](C)CNC(=O)c2cnc3cc4c(nn23)N1CCC4. The number of hydrogen-bond donors (Lipinski definition) is 1. The molecule has 0 aromatic carbocycles. The lowest BCUT2D eigenvalue weighted by Gasteiger charge is -2.35. The van der Waals surface area contributed by atoms with Crippen LogP contribution in [0, 0.1) is 5.82 Å². The molecule has 0 fully saturated rings. The molecule has 0 saturated carbocycles. The van der Waals surface area contributed by atoms with Crippen LogP contribution in [0.4, 0.5) is 10.2 Å². The third-order valence-electron chi connectivity index (χ3n) is 5.53. The van der Waals surface area contributed by atoms with Gasteiger partial charge in [0.05, 0.1) is 25.0 Å². The van der Waals surface area contributed by atoms with Crippen LogP contribution in [0.3, 0.4) is 0 Å². The summed E-state index contributed by atoms with van der Waals surface area (Å²) in [6.07, 6.45) is 4.16. The molecule has 2 atom stereocenters. The van der Waals surface area contributed by atoms with E-state index in [1.54, 1.807) is 4.52 Å². The molecule has 3 aromatic rings. The molecule has 150 valence electrons. The van der Waals surface area contributed by atoms with E-state index in [0.29, 0.717) is 22.8 Å². The minimum Gasteiger partial charge on any atom is -0.473 e. The molecule has 0 unspecified atom stereocenters. The molecule has 2 aliphatic heterocycles. The molecular formula is C20H21FN6O2. The molecule has 9 heteroatoms. The Labute approximate surface area is 166 Å². The third-order valence-corrected chi connectivity index (χ3v) is 5.53. The topological polar surface area (TPSA) is 84.6 Å². The van der Waals surface area contributed by atoms with Gasteiger partial charge in [0.15, 0.2) is 17.2 Å². The molecule has 0 saturated heterocycles. The number of anilines is 1. The van der Waals surface area contributed by atoms with E-state index in [-0.39, 0.29) is 24.6 Å². The van der Waals surface area contributed by atoms with Crippen LogP contribution in [0.25, 0.3) is 5.65 Å². The van der Waals surface area contributed by atoms with Gasteiger partial charge in [-0.05, 0) is 38.8 Å². The fourth-order valence-electron chi connectivity index (χ4n) is 4.01. The van der Waals surface area contributed by atoms with Crippen molar-refractivity contribution in [2.75, 3.05) is 18.0 Å². The molecule has 3 aromatic heterocycles. The Bertz CT molecular complexity index is 1110. The monoisotopic (exact) mass is 396 g/mol. The van der Waals surface area contributed by atoms with E-state index in [0.717, 1.165) is 37.0 Å². The number of nitrogens with zero attached hydrogens (tertiary/aromatic N) is 5. The van der Waals surface area contributed by atoms with Crippen molar-refractivity contribution in [3.05, 3.63) is 47.2 Å². The van der Waals surface area contributed by atoms with Crippen molar-refractivity contribution in [2.45, 2.75) is 38.8 Å². The van der Waals surface area contributed by atoms with Crippen LogP contribution in [0.1, 0.15) is 47.9 Å². The van der Waals surface area contributed by atoms with E-state index in [1.807, 2.05) is 19.9 Å². The minimum absolute atomic E-state index is 0.208. The smallest absolute Gasteiger partial charge is 0.271 e. The summed E-state index contributed by atoms with van der Waals surface area (Å²) in [5, 5.41) is 7.62. The first kappa shape index (κ1) is 17.8. The number of imidazole rings is 1. The lowest BCUT2D eigenvalue weighted by Crippen LogP contribution is -2.34. The van der Waals surface area contributed by atoms with E-state index < -0.39 is 5.82 Å². The van der Waals surface area contributed by atoms with E-state index >= 15 is 0 Å². The van der Waals surface area contributed by atoms with Crippen LogP contribution in [0.15, 0.2) is 24.5 Å². The van der Waals surface area contributed by atoms with Gasteiger partial charge in [-0.1, -0.05) is 0 Å². The van der Waals surface area contributed by atoms with Gasteiger partial charge < -0.3 is 15.0 Å². The van der Waals surface area contributed by atoms with Crippen LogP contribution < -0.4 is 15.0 Å². The number of halogens is 1.